The maximum Gasteiger partial charge on any atom is 0.102 e. The fraction of sp³-hybridized carbons (Fsp3) is 0.571. The smallest absolute Gasteiger partial charge is 0.102 e. The minimum atomic E-state index is -0.555. The molecule has 3 nitrogen and oxygen atoms in total. The van der Waals surface area contributed by atoms with Crippen molar-refractivity contribution in [3.63, 3.8) is 0 Å². The Morgan fingerprint density at radius 2 is 1.94 bits per heavy atom. The molecule has 1 unspecified atom stereocenters. The fourth-order valence-corrected chi connectivity index (χ4v) is 1.53. The molecule has 0 saturated carbocycles. The Morgan fingerprint density at radius 1 is 1.18 bits per heavy atom. The quantitative estimate of drug-likeness (QED) is 0.707. The Labute approximate surface area is 103 Å². The van der Waals surface area contributed by atoms with Crippen molar-refractivity contribution in [3.8, 4) is 0 Å². The van der Waals surface area contributed by atoms with Crippen molar-refractivity contribution in [3.05, 3.63) is 35.4 Å². The average Bonchev–Trinajstić information content (AvgIpc) is 2.33. The molecule has 17 heavy (non-hydrogen) atoms. The predicted molar refractivity (Wildman–Crippen MR) is 68.1 cm³/mol. The molecule has 1 rings (SSSR count). The Bertz CT molecular complexity index is 312. The van der Waals surface area contributed by atoms with Crippen LogP contribution in [0.15, 0.2) is 24.3 Å². The molecule has 0 aliphatic rings. The van der Waals surface area contributed by atoms with E-state index in [0.717, 1.165) is 24.2 Å². The van der Waals surface area contributed by atoms with E-state index in [2.05, 4.69) is 6.92 Å². The Balaban J connectivity index is 2.19. The van der Waals surface area contributed by atoms with Crippen LogP contribution in [0.4, 0.5) is 0 Å². The number of ether oxygens (including phenoxy) is 2. The zero-order chi connectivity index (χ0) is 12.5. The molecule has 0 radical (unpaired) electrons. The van der Waals surface area contributed by atoms with Gasteiger partial charge >= 0.3 is 0 Å². The van der Waals surface area contributed by atoms with Gasteiger partial charge in [0.25, 0.3) is 0 Å². The first-order valence-corrected chi connectivity index (χ1v) is 6.14. The second-order valence-electron chi connectivity index (χ2n) is 4.12. The van der Waals surface area contributed by atoms with E-state index in [0.29, 0.717) is 19.8 Å². The molecule has 1 aromatic carbocycles. The fourth-order valence-electron chi connectivity index (χ4n) is 1.53. The minimum absolute atomic E-state index is 0.318. The molecule has 96 valence electrons. The summed E-state index contributed by atoms with van der Waals surface area (Å²) in [7, 11) is 0. The molecule has 0 aromatic heterocycles. The third kappa shape index (κ3) is 5.82. The van der Waals surface area contributed by atoms with Crippen LogP contribution in [0.1, 0.15) is 30.6 Å². The largest absolute Gasteiger partial charge is 0.386 e. The van der Waals surface area contributed by atoms with Crippen LogP contribution in [0, 0.1) is 6.92 Å². The van der Waals surface area contributed by atoms with Gasteiger partial charge in [-0.25, -0.2) is 0 Å². The summed E-state index contributed by atoms with van der Waals surface area (Å²) in [4.78, 5) is 0. The summed E-state index contributed by atoms with van der Waals surface area (Å²) in [6.45, 7) is 6.29. The lowest BCUT2D eigenvalue weighted by Gasteiger charge is -2.12. The van der Waals surface area contributed by atoms with Crippen LogP contribution >= 0.6 is 0 Å². The summed E-state index contributed by atoms with van der Waals surface area (Å²) in [6.07, 6.45) is 0.465. The maximum absolute atomic E-state index is 9.88. The number of aryl methyl sites for hydroxylation is 1. The van der Waals surface area contributed by atoms with Gasteiger partial charge in [0.05, 0.1) is 19.8 Å². The molecule has 0 heterocycles. The van der Waals surface area contributed by atoms with Crippen LogP contribution < -0.4 is 0 Å². The molecular formula is C14H22O3. The molecular weight excluding hydrogens is 216 g/mol. The first-order valence-electron chi connectivity index (χ1n) is 6.14. The van der Waals surface area contributed by atoms with E-state index in [1.807, 2.05) is 31.2 Å². The van der Waals surface area contributed by atoms with Gasteiger partial charge in [0, 0.05) is 6.61 Å². The second kappa shape index (κ2) is 8.23. The van der Waals surface area contributed by atoms with Crippen molar-refractivity contribution in [2.24, 2.45) is 0 Å². The number of rotatable bonds is 8. The van der Waals surface area contributed by atoms with Gasteiger partial charge in [0.1, 0.15) is 6.10 Å². The number of hydrogen-bond acceptors (Lipinski definition) is 3. The Kier molecular flexibility index (Phi) is 6.86. The van der Waals surface area contributed by atoms with Gasteiger partial charge in [-0.2, -0.15) is 0 Å². The molecule has 3 heteroatoms. The normalized spacial score (nSPS) is 12.6. The van der Waals surface area contributed by atoms with E-state index < -0.39 is 6.10 Å². The summed E-state index contributed by atoms with van der Waals surface area (Å²) in [5.74, 6) is 0. The monoisotopic (exact) mass is 238 g/mol. The topological polar surface area (TPSA) is 38.7 Å². The summed E-state index contributed by atoms with van der Waals surface area (Å²) in [5, 5.41) is 9.88. The molecule has 0 spiro atoms. The second-order valence-corrected chi connectivity index (χ2v) is 4.12. The van der Waals surface area contributed by atoms with Crippen LogP contribution in [0.5, 0.6) is 0 Å². The van der Waals surface area contributed by atoms with E-state index in [1.165, 1.54) is 0 Å². The van der Waals surface area contributed by atoms with E-state index in [4.69, 9.17) is 9.47 Å². The van der Waals surface area contributed by atoms with Gasteiger partial charge in [-0.15, -0.1) is 0 Å². The van der Waals surface area contributed by atoms with Gasteiger partial charge in [-0.1, -0.05) is 36.8 Å². The van der Waals surface area contributed by atoms with Crippen molar-refractivity contribution in [2.75, 3.05) is 26.4 Å². The maximum atomic E-state index is 9.88. The van der Waals surface area contributed by atoms with Crippen molar-refractivity contribution in [1.82, 2.24) is 0 Å². The lowest BCUT2D eigenvalue weighted by atomic mass is 10.1. The van der Waals surface area contributed by atoms with Gasteiger partial charge in [-0.3, -0.25) is 0 Å². The number of benzene rings is 1. The number of aliphatic hydroxyl groups is 1. The molecule has 0 fully saturated rings. The zero-order valence-corrected chi connectivity index (χ0v) is 10.7. The lowest BCUT2D eigenvalue weighted by molar-refractivity contribution is 0.00325. The molecule has 1 atom stereocenters. The van der Waals surface area contributed by atoms with Crippen molar-refractivity contribution >= 4 is 0 Å². The lowest BCUT2D eigenvalue weighted by Crippen LogP contribution is -2.11. The SMILES string of the molecule is CCCOCCOCC(O)c1cccc(C)c1. The summed E-state index contributed by atoms with van der Waals surface area (Å²) in [5.41, 5.74) is 2.05. The standard InChI is InChI=1S/C14H22O3/c1-3-7-16-8-9-17-11-14(15)13-6-4-5-12(2)10-13/h4-6,10,14-15H,3,7-9,11H2,1-2H3. The molecule has 0 aliphatic heterocycles. The van der Waals surface area contributed by atoms with E-state index >= 15 is 0 Å². The highest BCUT2D eigenvalue weighted by Gasteiger charge is 2.07. The molecule has 0 saturated heterocycles. The Hall–Kier alpha value is -0.900. The van der Waals surface area contributed by atoms with Gasteiger partial charge in [0.15, 0.2) is 0 Å². The van der Waals surface area contributed by atoms with Gasteiger partial charge in [-0.05, 0) is 18.9 Å². The first kappa shape index (κ1) is 14.2. The molecule has 1 N–H and O–H groups in total. The Morgan fingerprint density at radius 3 is 2.65 bits per heavy atom. The highest BCUT2D eigenvalue weighted by atomic mass is 16.5. The van der Waals surface area contributed by atoms with E-state index in [1.54, 1.807) is 0 Å². The highest BCUT2D eigenvalue weighted by molar-refractivity contribution is 5.23. The number of hydrogen-bond donors (Lipinski definition) is 1. The van der Waals surface area contributed by atoms with Crippen LogP contribution in [0.25, 0.3) is 0 Å². The van der Waals surface area contributed by atoms with Crippen LogP contribution in [0.2, 0.25) is 0 Å². The highest BCUT2D eigenvalue weighted by Crippen LogP contribution is 2.14. The number of aliphatic hydroxyl groups excluding tert-OH is 1. The third-order valence-electron chi connectivity index (χ3n) is 2.42. The molecule has 0 amide bonds. The van der Waals surface area contributed by atoms with Crippen LogP contribution in [0.3, 0.4) is 0 Å². The van der Waals surface area contributed by atoms with E-state index in [-0.39, 0.29) is 0 Å². The average molecular weight is 238 g/mol. The van der Waals surface area contributed by atoms with Gasteiger partial charge < -0.3 is 14.6 Å². The predicted octanol–water partition coefficient (Wildman–Crippen LogP) is 2.47. The zero-order valence-electron chi connectivity index (χ0n) is 10.7. The van der Waals surface area contributed by atoms with Gasteiger partial charge in [0.2, 0.25) is 0 Å². The molecule has 0 aliphatic carbocycles. The summed E-state index contributed by atoms with van der Waals surface area (Å²) < 4.78 is 10.6. The summed E-state index contributed by atoms with van der Waals surface area (Å²) in [6, 6.07) is 7.84. The summed E-state index contributed by atoms with van der Waals surface area (Å²) >= 11 is 0. The first-order chi connectivity index (χ1) is 8.24. The van der Waals surface area contributed by atoms with Crippen molar-refractivity contribution in [2.45, 2.75) is 26.4 Å². The van der Waals surface area contributed by atoms with Crippen LogP contribution in [-0.4, -0.2) is 31.5 Å². The van der Waals surface area contributed by atoms with Crippen LogP contribution in [-0.2, 0) is 9.47 Å². The van der Waals surface area contributed by atoms with Crippen molar-refractivity contribution in [1.29, 1.82) is 0 Å². The van der Waals surface area contributed by atoms with Crippen molar-refractivity contribution < 1.29 is 14.6 Å². The van der Waals surface area contributed by atoms with E-state index in [9.17, 15) is 5.11 Å². The molecule has 1 aromatic rings. The third-order valence-corrected chi connectivity index (χ3v) is 2.42. The minimum Gasteiger partial charge on any atom is -0.386 e. The molecule has 0 bridgehead atoms.